The zero-order valence-electron chi connectivity index (χ0n) is 19.7. The summed E-state index contributed by atoms with van der Waals surface area (Å²) in [5, 5.41) is 5.48. The third-order valence-corrected chi connectivity index (χ3v) is 5.56. The quantitative estimate of drug-likeness (QED) is 0.378. The number of ether oxygens (including phenoxy) is 1. The van der Waals surface area contributed by atoms with Crippen molar-refractivity contribution in [2.45, 2.75) is 19.5 Å². The molecule has 2 N–H and O–H groups in total. The maximum absolute atomic E-state index is 13.5. The Balaban J connectivity index is 1.70. The van der Waals surface area contributed by atoms with Gasteiger partial charge < -0.3 is 19.9 Å². The van der Waals surface area contributed by atoms with E-state index in [9.17, 15) is 18.4 Å². The topological polar surface area (TPSA) is 85.2 Å². The molecule has 184 valence electrons. The van der Waals surface area contributed by atoms with Gasteiger partial charge in [-0.15, -0.1) is 0 Å². The van der Waals surface area contributed by atoms with Gasteiger partial charge in [-0.25, -0.2) is 8.78 Å². The summed E-state index contributed by atoms with van der Waals surface area (Å²) in [4.78, 5) is 30.2. The summed E-state index contributed by atoms with van der Waals surface area (Å²) in [5.74, 6) is -0.230. The summed E-state index contributed by atoms with van der Waals surface area (Å²) in [6.07, 6.45) is 1.54. The summed E-state index contributed by atoms with van der Waals surface area (Å²) in [6, 6.07) is 17.4. The van der Waals surface area contributed by atoms with Crippen molar-refractivity contribution < 1.29 is 18.3 Å². The highest BCUT2D eigenvalue weighted by atomic mass is 19.1. The second kappa shape index (κ2) is 10.9. The van der Waals surface area contributed by atoms with Crippen LogP contribution in [-0.4, -0.2) is 28.5 Å². The second-order valence-corrected chi connectivity index (χ2v) is 8.07. The first-order valence-corrected chi connectivity index (χ1v) is 11.2. The summed E-state index contributed by atoms with van der Waals surface area (Å²) in [7, 11) is 1.65. The predicted molar refractivity (Wildman–Crippen MR) is 133 cm³/mol. The largest absolute Gasteiger partial charge is 0.457 e. The van der Waals surface area contributed by atoms with Crippen molar-refractivity contribution in [1.82, 2.24) is 14.9 Å². The molecule has 1 amide bonds. The van der Waals surface area contributed by atoms with Crippen molar-refractivity contribution in [2.75, 3.05) is 12.4 Å². The number of pyridine rings is 2. The molecule has 0 saturated heterocycles. The van der Waals surface area contributed by atoms with Crippen LogP contribution in [0.15, 0.2) is 83.8 Å². The average molecular weight is 491 g/mol. The van der Waals surface area contributed by atoms with Gasteiger partial charge in [0.25, 0.3) is 5.56 Å². The molecule has 0 radical (unpaired) electrons. The standard InChI is InChI=1S/C27H24F2N4O3/c1-17(30-2)26(34)32-24-11-12-25(18-3-5-19(28)6-4-18)33(27(24)35)16-21-15-23(13-14-31-21)36-22-9-7-20(29)8-10-22/h3-15,17,30H,16H2,1-2H3,(H,32,34). The van der Waals surface area contributed by atoms with Gasteiger partial charge in [-0.05, 0) is 86.3 Å². The smallest absolute Gasteiger partial charge is 0.275 e. The number of amides is 1. The van der Waals surface area contributed by atoms with Crippen LogP contribution in [-0.2, 0) is 11.3 Å². The van der Waals surface area contributed by atoms with Crippen molar-refractivity contribution in [1.29, 1.82) is 0 Å². The molecule has 4 aromatic rings. The Hall–Kier alpha value is -4.37. The average Bonchev–Trinajstić information content (AvgIpc) is 2.88. The Morgan fingerprint density at radius 3 is 2.31 bits per heavy atom. The molecule has 0 saturated carbocycles. The third kappa shape index (κ3) is 5.81. The van der Waals surface area contributed by atoms with E-state index < -0.39 is 17.4 Å². The summed E-state index contributed by atoms with van der Waals surface area (Å²) < 4.78 is 34.0. The van der Waals surface area contributed by atoms with Crippen molar-refractivity contribution in [2.24, 2.45) is 0 Å². The molecule has 0 aliphatic carbocycles. The maximum atomic E-state index is 13.5. The molecule has 0 bridgehead atoms. The van der Waals surface area contributed by atoms with Crippen LogP contribution in [0.2, 0.25) is 0 Å². The Bertz CT molecular complexity index is 1420. The van der Waals surface area contributed by atoms with E-state index in [0.717, 1.165) is 0 Å². The monoisotopic (exact) mass is 490 g/mol. The molecule has 36 heavy (non-hydrogen) atoms. The van der Waals surface area contributed by atoms with E-state index in [1.807, 2.05) is 0 Å². The van der Waals surface area contributed by atoms with Gasteiger partial charge >= 0.3 is 0 Å². The first kappa shape index (κ1) is 24.7. The van der Waals surface area contributed by atoms with Crippen LogP contribution in [0, 0.1) is 11.6 Å². The lowest BCUT2D eigenvalue weighted by atomic mass is 10.1. The van der Waals surface area contributed by atoms with Crippen LogP contribution in [0.25, 0.3) is 11.3 Å². The van der Waals surface area contributed by atoms with Gasteiger partial charge in [-0.1, -0.05) is 0 Å². The van der Waals surface area contributed by atoms with Crippen LogP contribution in [0.3, 0.4) is 0 Å². The number of rotatable bonds is 8. The number of aromatic nitrogens is 2. The van der Waals surface area contributed by atoms with E-state index in [-0.39, 0.29) is 24.0 Å². The molecule has 7 nitrogen and oxygen atoms in total. The minimum Gasteiger partial charge on any atom is -0.457 e. The predicted octanol–water partition coefficient (Wildman–Crippen LogP) is 4.58. The first-order valence-electron chi connectivity index (χ1n) is 11.2. The normalized spacial score (nSPS) is 11.7. The van der Waals surface area contributed by atoms with Crippen molar-refractivity contribution in [3.8, 4) is 22.8 Å². The molecule has 4 rings (SSSR count). The van der Waals surface area contributed by atoms with Crippen molar-refractivity contribution in [3.63, 3.8) is 0 Å². The maximum Gasteiger partial charge on any atom is 0.275 e. The fourth-order valence-corrected chi connectivity index (χ4v) is 3.48. The Kier molecular flexibility index (Phi) is 7.50. The first-order chi connectivity index (χ1) is 17.3. The molecule has 2 heterocycles. The molecule has 0 spiro atoms. The van der Waals surface area contributed by atoms with E-state index in [4.69, 9.17) is 4.74 Å². The van der Waals surface area contributed by atoms with Gasteiger partial charge in [-0.3, -0.25) is 14.6 Å². The zero-order valence-corrected chi connectivity index (χ0v) is 19.7. The molecular formula is C27H24F2N4O3. The number of carbonyl (C=O) groups excluding carboxylic acids is 1. The number of hydrogen-bond donors (Lipinski definition) is 2. The lowest BCUT2D eigenvalue weighted by Gasteiger charge is -2.17. The van der Waals surface area contributed by atoms with Crippen LogP contribution >= 0.6 is 0 Å². The fraction of sp³-hybridized carbons (Fsp3) is 0.148. The molecule has 1 unspecified atom stereocenters. The Morgan fingerprint density at radius 1 is 0.972 bits per heavy atom. The third-order valence-electron chi connectivity index (χ3n) is 5.56. The van der Waals surface area contributed by atoms with Crippen LogP contribution in [0.1, 0.15) is 12.6 Å². The lowest BCUT2D eigenvalue weighted by Crippen LogP contribution is -2.37. The van der Waals surface area contributed by atoms with E-state index in [1.165, 1.54) is 53.2 Å². The van der Waals surface area contributed by atoms with Crippen LogP contribution in [0.5, 0.6) is 11.5 Å². The number of carbonyl (C=O) groups is 1. The number of benzene rings is 2. The number of likely N-dealkylation sites (N-methyl/N-ethyl adjacent to an activating group) is 1. The van der Waals surface area contributed by atoms with E-state index >= 15 is 0 Å². The number of hydrogen-bond acceptors (Lipinski definition) is 5. The highest BCUT2D eigenvalue weighted by Gasteiger charge is 2.16. The van der Waals surface area contributed by atoms with E-state index in [2.05, 4.69) is 15.6 Å². The molecule has 0 fully saturated rings. The number of nitrogens with one attached hydrogen (secondary N) is 2. The van der Waals surface area contributed by atoms with Gasteiger partial charge in [0.05, 0.1) is 24.0 Å². The molecule has 1 atom stereocenters. The Labute approximate surface area is 206 Å². The highest BCUT2D eigenvalue weighted by Crippen LogP contribution is 2.24. The second-order valence-electron chi connectivity index (χ2n) is 8.07. The highest BCUT2D eigenvalue weighted by molar-refractivity contribution is 5.94. The molecule has 2 aromatic heterocycles. The van der Waals surface area contributed by atoms with E-state index in [1.54, 1.807) is 44.3 Å². The number of anilines is 1. The van der Waals surface area contributed by atoms with Gasteiger partial charge in [0.15, 0.2) is 0 Å². The zero-order chi connectivity index (χ0) is 25.7. The minimum atomic E-state index is -0.503. The summed E-state index contributed by atoms with van der Waals surface area (Å²) in [6.45, 7) is 1.73. The number of nitrogens with zero attached hydrogens (tertiary/aromatic N) is 2. The minimum absolute atomic E-state index is 0.0530. The molecule has 2 aromatic carbocycles. The summed E-state index contributed by atoms with van der Waals surface area (Å²) in [5.41, 5.74) is 1.30. The molecule has 0 aliphatic heterocycles. The Morgan fingerprint density at radius 2 is 1.64 bits per heavy atom. The van der Waals surface area contributed by atoms with E-state index in [0.29, 0.717) is 28.5 Å². The SMILES string of the molecule is CNC(C)C(=O)Nc1ccc(-c2ccc(F)cc2)n(Cc2cc(Oc3ccc(F)cc3)ccn2)c1=O. The molecule has 0 aliphatic rings. The fourth-order valence-electron chi connectivity index (χ4n) is 3.48. The van der Waals surface area contributed by atoms with Crippen molar-refractivity contribution in [3.05, 3.63) is 107 Å². The van der Waals surface area contributed by atoms with Gasteiger partial charge in [0.1, 0.15) is 28.8 Å². The number of halogens is 2. The van der Waals surface area contributed by atoms with Crippen LogP contribution < -0.4 is 20.9 Å². The van der Waals surface area contributed by atoms with Gasteiger partial charge in [-0.2, -0.15) is 0 Å². The van der Waals surface area contributed by atoms with Gasteiger partial charge in [0, 0.05) is 12.3 Å². The van der Waals surface area contributed by atoms with Gasteiger partial charge in [0.2, 0.25) is 5.91 Å². The summed E-state index contributed by atoms with van der Waals surface area (Å²) >= 11 is 0. The molecule has 9 heteroatoms. The van der Waals surface area contributed by atoms with Crippen molar-refractivity contribution >= 4 is 11.6 Å². The lowest BCUT2D eigenvalue weighted by molar-refractivity contribution is -0.117. The van der Waals surface area contributed by atoms with Crippen LogP contribution in [0.4, 0.5) is 14.5 Å². The molecular weight excluding hydrogens is 466 g/mol.